The van der Waals surface area contributed by atoms with Gasteiger partial charge in [0.05, 0.1) is 29.5 Å². The van der Waals surface area contributed by atoms with Gasteiger partial charge in [-0.25, -0.2) is 9.97 Å². The molecule has 0 spiro atoms. The first-order valence-corrected chi connectivity index (χ1v) is 7.99. The van der Waals surface area contributed by atoms with Crippen LogP contribution in [0.15, 0.2) is 47.7 Å². The molecule has 24 heavy (non-hydrogen) atoms. The van der Waals surface area contributed by atoms with Gasteiger partial charge in [-0.2, -0.15) is 0 Å². The molecule has 0 aliphatic carbocycles. The Bertz CT molecular complexity index is 1140. The molecule has 0 saturated heterocycles. The Balaban J connectivity index is 1.83. The second-order valence-electron chi connectivity index (χ2n) is 5.92. The second-order valence-corrected chi connectivity index (χ2v) is 6.36. The van der Waals surface area contributed by atoms with E-state index in [0.717, 1.165) is 22.6 Å². The highest BCUT2D eigenvalue weighted by atomic mass is 35.5. The first-order valence-electron chi connectivity index (χ1n) is 7.62. The Hall–Kier alpha value is -2.66. The van der Waals surface area contributed by atoms with Gasteiger partial charge in [0, 0.05) is 16.9 Å². The topological polar surface area (TPSA) is 52.2 Å². The van der Waals surface area contributed by atoms with E-state index in [4.69, 9.17) is 11.6 Å². The molecular formula is C18H15ClN4O. The van der Waals surface area contributed by atoms with E-state index in [9.17, 15) is 4.79 Å². The van der Waals surface area contributed by atoms with Crippen LogP contribution in [0.1, 0.15) is 17.0 Å². The van der Waals surface area contributed by atoms with Crippen LogP contribution in [0.5, 0.6) is 0 Å². The van der Waals surface area contributed by atoms with Gasteiger partial charge in [-0.1, -0.05) is 17.7 Å². The van der Waals surface area contributed by atoms with E-state index in [-0.39, 0.29) is 5.56 Å². The molecule has 0 aliphatic rings. The van der Waals surface area contributed by atoms with E-state index >= 15 is 0 Å². The summed E-state index contributed by atoms with van der Waals surface area (Å²) in [5.41, 5.74) is 4.24. The maximum atomic E-state index is 12.7. The van der Waals surface area contributed by atoms with Crippen LogP contribution < -0.4 is 5.56 Å². The molecular weight excluding hydrogens is 324 g/mol. The highest BCUT2D eigenvalue weighted by molar-refractivity contribution is 6.31. The van der Waals surface area contributed by atoms with E-state index in [2.05, 4.69) is 9.97 Å². The Morgan fingerprint density at radius 3 is 2.83 bits per heavy atom. The summed E-state index contributed by atoms with van der Waals surface area (Å²) in [6, 6.07) is 9.42. The number of benzene rings is 1. The fourth-order valence-corrected chi connectivity index (χ4v) is 3.24. The van der Waals surface area contributed by atoms with Gasteiger partial charge in [0.25, 0.3) is 5.56 Å². The molecule has 0 bridgehead atoms. The normalized spacial score (nSPS) is 11.5. The van der Waals surface area contributed by atoms with E-state index in [0.29, 0.717) is 22.5 Å². The third kappa shape index (κ3) is 2.37. The van der Waals surface area contributed by atoms with Crippen molar-refractivity contribution in [2.45, 2.75) is 20.4 Å². The summed E-state index contributed by atoms with van der Waals surface area (Å²) in [5.74, 6) is 0. The van der Waals surface area contributed by atoms with Crippen molar-refractivity contribution in [3.05, 3.63) is 75.2 Å². The molecule has 0 atom stereocenters. The average Bonchev–Trinajstić information content (AvgIpc) is 2.95. The summed E-state index contributed by atoms with van der Waals surface area (Å²) in [4.78, 5) is 21.7. The van der Waals surface area contributed by atoms with Crippen LogP contribution in [-0.2, 0) is 6.54 Å². The number of halogens is 1. The number of aromatic nitrogens is 4. The molecule has 6 heteroatoms. The number of hydrogen-bond donors (Lipinski definition) is 0. The molecule has 4 aromatic rings. The number of nitrogens with zero attached hydrogens (tertiary/aromatic N) is 4. The first kappa shape index (κ1) is 14.9. The molecule has 0 saturated carbocycles. The molecule has 0 unspecified atom stereocenters. The van der Waals surface area contributed by atoms with E-state index in [1.54, 1.807) is 17.0 Å². The van der Waals surface area contributed by atoms with Crippen molar-refractivity contribution in [3.8, 4) is 0 Å². The molecule has 4 rings (SSSR count). The molecule has 0 N–H and O–H groups in total. The summed E-state index contributed by atoms with van der Waals surface area (Å²) in [6.45, 7) is 4.29. The lowest BCUT2D eigenvalue weighted by Gasteiger charge is -2.07. The summed E-state index contributed by atoms with van der Waals surface area (Å²) in [7, 11) is 0. The maximum Gasteiger partial charge on any atom is 0.261 e. The van der Waals surface area contributed by atoms with Crippen LogP contribution in [0.3, 0.4) is 0 Å². The second kappa shape index (κ2) is 5.46. The number of hydrogen-bond acceptors (Lipinski definition) is 3. The van der Waals surface area contributed by atoms with Crippen LogP contribution in [-0.4, -0.2) is 18.9 Å². The Kier molecular flexibility index (Phi) is 3.39. The molecule has 0 aliphatic heterocycles. The van der Waals surface area contributed by atoms with E-state index in [1.807, 2.05) is 48.7 Å². The van der Waals surface area contributed by atoms with Crippen molar-refractivity contribution in [1.29, 1.82) is 0 Å². The standard InChI is InChI=1S/C18H15ClN4O/c1-11-6-13(19)7-15-17(11)20-10-22(18(15)24)8-14-9-23-12(2)4-3-5-16(23)21-14/h3-7,9-10H,8H2,1-2H3. The van der Waals surface area contributed by atoms with Crippen molar-refractivity contribution in [2.24, 2.45) is 0 Å². The third-order valence-electron chi connectivity index (χ3n) is 4.16. The van der Waals surface area contributed by atoms with Gasteiger partial charge in [0.15, 0.2) is 0 Å². The van der Waals surface area contributed by atoms with Gasteiger partial charge < -0.3 is 4.40 Å². The van der Waals surface area contributed by atoms with Gasteiger partial charge in [0.2, 0.25) is 0 Å². The number of pyridine rings is 1. The number of aryl methyl sites for hydroxylation is 2. The lowest BCUT2D eigenvalue weighted by Crippen LogP contribution is -2.21. The molecule has 3 heterocycles. The summed E-state index contributed by atoms with van der Waals surface area (Å²) in [6.07, 6.45) is 3.52. The van der Waals surface area contributed by atoms with Crippen LogP contribution in [0.25, 0.3) is 16.6 Å². The van der Waals surface area contributed by atoms with E-state index in [1.165, 1.54) is 0 Å². The average molecular weight is 339 g/mol. The molecule has 0 fully saturated rings. The third-order valence-corrected chi connectivity index (χ3v) is 4.38. The van der Waals surface area contributed by atoms with Gasteiger partial charge in [-0.05, 0) is 43.7 Å². The highest BCUT2D eigenvalue weighted by Gasteiger charge is 2.10. The lowest BCUT2D eigenvalue weighted by atomic mass is 10.1. The zero-order chi connectivity index (χ0) is 16.8. The highest BCUT2D eigenvalue weighted by Crippen LogP contribution is 2.19. The minimum absolute atomic E-state index is 0.112. The van der Waals surface area contributed by atoms with E-state index < -0.39 is 0 Å². The number of imidazole rings is 1. The predicted octanol–water partition coefficient (Wildman–Crippen LogP) is 3.36. The van der Waals surface area contributed by atoms with Crippen molar-refractivity contribution in [3.63, 3.8) is 0 Å². The molecule has 1 aromatic carbocycles. The predicted molar refractivity (Wildman–Crippen MR) is 94.8 cm³/mol. The van der Waals surface area contributed by atoms with Crippen LogP contribution in [0, 0.1) is 13.8 Å². The fourth-order valence-electron chi connectivity index (χ4n) is 2.97. The number of rotatable bonds is 2. The monoisotopic (exact) mass is 338 g/mol. The van der Waals surface area contributed by atoms with Gasteiger partial charge in [-0.3, -0.25) is 9.36 Å². The lowest BCUT2D eigenvalue weighted by molar-refractivity contribution is 0.734. The number of fused-ring (bicyclic) bond motifs is 2. The molecule has 0 radical (unpaired) electrons. The maximum absolute atomic E-state index is 12.7. The van der Waals surface area contributed by atoms with Crippen molar-refractivity contribution in [2.75, 3.05) is 0 Å². The smallest absolute Gasteiger partial charge is 0.261 e. The minimum Gasteiger partial charge on any atom is -0.304 e. The van der Waals surface area contributed by atoms with Crippen LogP contribution in [0.4, 0.5) is 0 Å². The molecule has 3 aromatic heterocycles. The largest absolute Gasteiger partial charge is 0.304 e. The molecule has 0 amide bonds. The van der Waals surface area contributed by atoms with Gasteiger partial charge in [0.1, 0.15) is 5.65 Å². The van der Waals surface area contributed by atoms with Crippen molar-refractivity contribution in [1.82, 2.24) is 18.9 Å². The van der Waals surface area contributed by atoms with Crippen molar-refractivity contribution >= 4 is 28.2 Å². The van der Waals surface area contributed by atoms with Crippen LogP contribution in [0.2, 0.25) is 5.02 Å². The minimum atomic E-state index is -0.112. The van der Waals surface area contributed by atoms with Gasteiger partial charge >= 0.3 is 0 Å². The Morgan fingerprint density at radius 1 is 1.21 bits per heavy atom. The summed E-state index contributed by atoms with van der Waals surface area (Å²) >= 11 is 6.09. The zero-order valence-corrected chi connectivity index (χ0v) is 14.1. The SMILES string of the molecule is Cc1cc(Cl)cc2c(=O)n(Cc3cn4c(C)cccc4n3)cnc12. The quantitative estimate of drug-likeness (QED) is 0.563. The molecule has 120 valence electrons. The Labute approximate surface area is 143 Å². The zero-order valence-electron chi connectivity index (χ0n) is 13.3. The molecule has 5 nitrogen and oxygen atoms in total. The van der Waals surface area contributed by atoms with Gasteiger partial charge in [-0.15, -0.1) is 0 Å². The Morgan fingerprint density at radius 2 is 2.04 bits per heavy atom. The summed E-state index contributed by atoms with van der Waals surface area (Å²) in [5, 5.41) is 1.07. The van der Waals surface area contributed by atoms with Crippen molar-refractivity contribution < 1.29 is 0 Å². The first-order chi connectivity index (χ1) is 11.5. The summed E-state index contributed by atoms with van der Waals surface area (Å²) < 4.78 is 3.57. The van der Waals surface area contributed by atoms with Crippen LogP contribution >= 0.6 is 11.6 Å². The fraction of sp³-hybridized carbons (Fsp3) is 0.167.